The molecule has 20 heavy (non-hydrogen) atoms. The highest BCUT2D eigenvalue weighted by atomic mass is 79.9. The number of primary amides is 1. The third-order valence-electron chi connectivity index (χ3n) is 2.82. The summed E-state index contributed by atoms with van der Waals surface area (Å²) in [4.78, 5) is 25.5. The molecular weight excluding hydrogens is 340 g/mol. The van der Waals surface area contributed by atoms with Crippen LogP contribution in [-0.4, -0.2) is 23.8 Å². The van der Waals surface area contributed by atoms with Crippen LogP contribution in [0.2, 0.25) is 0 Å². The Balaban J connectivity index is 2.08. The van der Waals surface area contributed by atoms with E-state index in [4.69, 9.17) is 5.73 Å². The van der Waals surface area contributed by atoms with Gasteiger partial charge in [0.05, 0.1) is 0 Å². The molecule has 0 aliphatic rings. The summed E-state index contributed by atoms with van der Waals surface area (Å²) in [5.74, 6) is -0.491. The first-order chi connectivity index (χ1) is 9.49. The second-order valence-corrected chi connectivity index (χ2v) is 6.09. The number of carbonyl (C=O) groups is 2. The molecule has 1 aromatic carbocycles. The Hall–Kier alpha value is -1.66. The molecule has 0 aliphatic carbocycles. The second-order valence-electron chi connectivity index (χ2n) is 4.32. The smallest absolute Gasteiger partial charge is 0.265 e. The summed E-state index contributed by atoms with van der Waals surface area (Å²) in [5, 5.41) is 1.87. The van der Waals surface area contributed by atoms with E-state index in [1.54, 1.807) is 36.2 Å². The maximum Gasteiger partial charge on any atom is 0.265 e. The fourth-order valence-corrected chi connectivity index (χ4v) is 3.27. The molecule has 0 atom stereocenters. The van der Waals surface area contributed by atoms with Crippen LogP contribution in [0.25, 0.3) is 0 Å². The predicted octanol–water partition coefficient (Wildman–Crippen LogP) is 2.88. The largest absolute Gasteiger partial charge is 0.366 e. The molecule has 2 N–H and O–H groups in total. The molecule has 0 saturated heterocycles. The van der Waals surface area contributed by atoms with Crippen LogP contribution in [0.4, 0.5) is 0 Å². The third kappa shape index (κ3) is 3.26. The zero-order valence-corrected chi connectivity index (χ0v) is 13.2. The van der Waals surface area contributed by atoms with Crippen LogP contribution in [0.15, 0.2) is 40.2 Å². The van der Waals surface area contributed by atoms with Crippen LogP contribution in [0, 0.1) is 0 Å². The average molecular weight is 353 g/mol. The number of amides is 2. The van der Waals surface area contributed by atoms with Crippen molar-refractivity contribution >= 4 is 39.1 Å². The molecule has 0 aliphatic heterocycles. The van der Waals surface area contributed by atoms with E-state index in [2.05, 4.69) is 15.9 Å². The van der Waals surface area contributed by atoms with E-state index in [0.717, 1.165) is 10.0 Å². The molecule has 0 bridgehead atoms. The lowest BCUT2D eigenvalue weighted by molar-refractivity contribution is 0.0788. The molecule has 0 spiro atoms. The van der Waals surface area contributed by atoms with Crippen molar-refractivity contribution in [2.24, 2.45) is 5.73 Å². The number of nitrogens with two attached hydrogens (primary N) is 1. The average Bonchev–Trinajstić information content (AvgIpc) is 2.84. The highest BCUT2D eigenvalue weighted by Gasteiger charge is 2.16. The lowest BCUT2D eigenvalue weighted by atomic mass is 10.1. The van der Waals surface area contributed by atoms with Gasteiger partial charge in [-0.2, -0.15) is 0 Å². The van der Waals surface area contributed by atoms with Crippen molar-refractivity contribution in [3.8, 4) is 0 Å². The van der Waals surface area contributed by atoms with Gasteiger partial charge in [0, 0.05) is 23.6 Å². The van der Waals surface area contributed by atoms with Gasteiger partial charge in [0.1, 0.15) is 4.88 Å². The van der Waals surface area contributed by atoms with Gasteiger partial charge in [-0.1, -0.05) is 12.1 Å². The molecule has 0 saturated carbocycles. The molecule has 2 amide bonds. The summed E-state index contributed by atoms with van der Waals surface area (Å²) >= 11 is 4.76. The standard InChI is InChI=1S/C14H13BrN2O2S/c1-17(14(19)12-11(15)6-7-20-12)8-9-2-4-10(5-3-9)13(16)18/h2-7H,8H2,1H3,(H2,16,18). The van der Waals surface area contributed by atoms with Crippen molar-refractivity contribution < 1.29 is 9.59 Å². The van der Waals surface area contributed by atoms with Crippen molar-refractivity contribution in [1.29, 1.82) is 0 Å². The van der Waals surface area contributed by atoms with Gasteiger partial charge < -0.3 is 10.6 Å². The van der Waals surface area contributed by atoms with Gasteiger partial charge in [-0.15, -0.1) is 11.3 Å². The molecule has 2 rings (SSSR count). The number of benzene rings is 1. The molecule has 0 unspecified atom stereocenters. The normalized spacial score (nSPS) is 10.3. The quantitative estimate of drug-likeness (QED) is 0.919. The second kappa shape index (κ2) is 6.19. The summed E-state index contributed by atoms with van der Waals surface area (Å²) < 4.78 is 0.809. The van der Waals surface area contributed by atoms with Crippen molar-refractivity contribution in [3.05, 3.63) is 56.2 Å². The van der Waals surface area contributed by atoms with Crippen LogP contribution in [0.1, 0.15) is 25.6 Å². The predicted molar refractivity (Wildman–Crippen MR) is 82.8 cm³/mol. The van der Waals surface area contributed by atoms with E-state index in [0.29, 0.717) is 17.0 Å². The Kier molecular flexibility index (Phi) is 4.57. The summed E-state index contributed by atoms with van der Waals surface area (Å²) in [6.45, 7) is 0.474. The van der Waals surface area contributed by atoms with Crippen molar-refractivity contribution in [3.63, 3.8) is 0 Å². The minimum Gasteiger partial charge on any atom is -0.366 e. The fraction of sp³-hybridized carbons (Fsp3) is 0.143. The van der Waals surface area contributed by atoms with E-state index >= 15 is 0 Å². The van der Waals surface area contributed by atoms with E-state index in [9.17, 15) is 9.59 Å². The highest BCUT2D eigenvalue weighted by molar-refractivity contribution is 9.10. The van der Waals surface area contributed by atoms with Gasteiger partial charge in [0.25, 0.3) is 5.91 Å². The molecule has 4 nitrogen and oxygen atoms in total. The van der Waals surface area contributed by atoms with Crippen molar-refractivity contribution in [1.82, 2.24) is 4.90 Å². The van der Waals surface area contributed by atoms with E-state index in [1.165, 1.54) is 11.3 Å². The third-order valence-corrected chi connectivity index (χ3v) is 4.64. The summed E-state index contributed by atoms with van der Waals surface area (Å²) in [5.41, 5.74) is 6.59. The number of carbonyl (C=O) groups excluding carboxylic acids is 2. The van der Waals surface area contributed by atoms with Gasteiger partial charge in [0.2, 0.25) is 5.91 Å². The fourth-order valence-electron chi connectivity index (χ4n) is 1.74. The van der Waals surface area contributed by atoms with Gasteiger partial charge in [0.15, 0.2) is 0 Å². The van der Waals surface area contributed by atoms with Crippen molar-refractivity contribution in [2.45, 2.75) is 6.54 Å². The zero-order valence-electron chi connectivity index (χ0n) is 10.8. The van der Waals surface area contributed by atoms with Gasteiger partial charge in [-0.3, -0.25) is 9.59 Å². The van der Waals surface area contributed by atoms with Gasteiger partial charge in [-0.25, -0.2) is 0 Å². The summed E-state index contributed by atoms with van der Waals surface area (Å²) in [7, 11) is 1.75. The SMILES string of the molecule is CN(Cc1ccc(C(N)=O)cc1)C(=O)c1sccc1Br. The molecule has 2 aromatic rings. The van der Waals surface area contributed by atoms with Crippen LogP contribution in [0.3, 0.4) is 0 Å². The maximum absolute atomic E-state index is 12.2. The summed E-state index contributed by atoms with van der Waals surface area (Å²) in [6.07, 6.45) is 0. The molecule has 104 valence electrons. The first-order valence-electron chi connectivity index (χ1n) is 5.86. The Labute approximate surface area is 129 Å². The molecule has 6 heteroatoms. The van der Waals surface area contributed by atoms with Crippen molar-refractivity contribution in [2.75, 3.05) is 7.05 Å². The maximum atomic E-state index is 12.2. The highest BCUT2D eigenvalue weighted by Crippen LogP contribution is 2.24. The molecule has 1 aromatic heterocycles. The first-order valence-corrected chi connectivity index (χ1v) is 7.53. The number of hydrogen-bond donors (Lipinski definition) is 1. The van der Waals surface area contributed by atoms with Crippen LogP contribution >= 0.6 is 27.3 Å². The monoisotopic (exact) mass is 352 g/mol. The van der Waals surface area contributed by atoms with Crippen LogP contribution < -0.4 is 5.73 Å². The Morgan fingerprint density at radius 3 is 2.40 bits per heavy atom. The lowest BCUT2D eigenvalue weighted by Crippen LogP contribution is -2.25. The summed E-state index contributed by atoms with van der Waals surface area (Å²) in [6, 6.07) is 8.78. The number of hydrogen-bond acceptors (Lipinski definition) is 3. The molecule has 1 heterocycles. The van der Waals surface area contributed by atoms with E-state index in [1.807, 2.05) is 11.4 Å². The molecular formula is C14H13BrN2O2S. The number of nitrogens with zero attached hydrogens (tertiary/aromatic N) is 1. The van der Waals surface area contributed by atoms with Gasteiger partial charge >= 0.3 is 0 Å². The first kappa shape index (κ1) is 14.7. The minimum atomic E-state index is -0.455. The topological polar surface area (TPSA) is 63.4 Å². The molecule has 0 fully saturated rings. The van der Waals surface area contributed by atoms with E-state index in [-0.39, 0.29) is 5.91 Å². The Bertz CT molecular complexity index is 637. The Morgan fingerprint density at radius 1 is 1.25 bits per heavy atom. The number of thiophene rings is 1. The van der Waals surface area contributed by atoms with Crippen LogP contribution in [-0.2, 0) is 6.54 Å². The van der Waals surface area contributed by atoms with Crippen LogP contribution in [0.5, 0.6) is 0 Å². The zero-order chi connectivity index (χ0) is 14.7. The number of rotatable bonds is 4. The number of halogens is 1. The van der Waals surface area contributed by atoms with E-state index < -0.39 is 5.91 Å². The molecule has 0 radical (unpaired) electrons. The Morgan fingerprint density at radius 2 is 1.90 bits per heavy atom. The lowest BCUT2D eigenvalue weighted by Gasteiger charge is -2.16. The van der Waals surface area contributed by atoms with Gasteiger partial charge in [-0.05, 0) is 45.1 Å². The minimum absolute atomic E-state index is 0.0362.